The standard InChI is InChI=1S/C16H19N3O2S/c1-4-21-14-7-5-13(6-8-14)19-15(20)10-22-16-9-11(2)17-12(3)18-16/h5-9H,4,10H2,1-3H3,(H,19,20). The van der Waals surface area contributed by atoms with Gasteiger partial charge in [-0.2, -0.15) is 0 Å². The minimum absolute atomic E-state index is 0.0666. The second-order valence-corrected chi connectivity index (χ2v) is 5.68. The summed E-state index contributed by atoms with van der Waals surface area (Å²) in [4.78, 5) is 20.5. The molecule has 116 valence electrons. The van der Waals surface area contributed by atoms with Crippen LogP contribution in [0.2, 0.25) is 0 Å². The maximum Gasteiger partial charge on any atom is 0.234 e. The van der Waals surface area contributed by atoms with Crippen LogP contribution in [0.4, 0.5) is 5.69 Å². The van der Waals surface area contributed by atoms with Crippen LogP contribution in [0, 0.1) is 13.8 Å². The maximum atomic E-state index is 12.0. The molecule has 0 aliphatic carbocycles. The number of carbonyl (C=O) groups excluding carboxylic acids is 1. The lowest BCUT2D eigenvalue weighted by Crippen LogP contribution is -2.14. The van der Waals surface area contributed by atoms with Gasteiger partial charge in [-0.1, -0.05) is 11.8 Å². The molecular weight excluding hydrogens is 298 g/mol. The van der Waals surface area contributed by atoms with Crippen LogP contribution < -0.4 is 10.1 Å². The van der Waals surface area contributed by atoms with Gasteiger partial charge in [0.2, 0.25) is 5.91 Å². The first-order chi connectivity index (χ1) is 10.6. The summed E-state index contributed by atoms with van der Waals surface area (Å²) in [7, 11) is 0. The van der Waals surface area contributed by atoms with Crippen LogP contribution >= 0.6 is 11.8 Å². The maximum absolute atomic E-state index is 12.0. The van der Waals surface area contributed by atoms with E-state index in [2.05, 4.69) is 15.3 Å². The highest BCUT2D eigenvalue weighted by Gasteiger charge is 2.06. The molecule has 0 spiro atoms. The number of aromatic nitrogens is 2. The van der Waals surface area contributed by atoms with Gasteiger partial charge in [-0.3, -0.25) is 4.79 Å². The van der Waals surface area contributed by atoms with Crippen molar-refractivity contribution in [2.75, 3.05) is 17.7 Å². The molecule has 0 fully saturated rings. The van der Waals surface area contributed by atoms with Crippen molar-refractivity contribution < 1.29 is 9.53 Å². The van der Waals surface area contributed by atoms with Crippen LogP contribution in [0.25, 0.3) is 0 Å². The Kier molecular flexibility index (Phi) is 5.77. The molecule has 1 amide bonds. The Morgan fingerprint density at radius 2 is 1.95 bits per heavy atom. The number of aryl methyl sites for hydroxylation is 2. The highest BCUT2D eigenvalue weighted by Crippen LogP contribution is 2.18. The summed E-state index contributed by atoms with van der Waals surface area (Å²) < 4.78 is 5.36. The predicted molar refractivity (Wildman–Crippen MR) is 88.5 cm³/mol. The molecular formula is C16H19N3O2S. The van der Waals surface area contributed by atoms with Gasteiger partial charge in [0, 0.05) is 11.4 Å². The molecule has 0 atom stereocenters. The van der Waals surface area contributed by atoms with E-state index in [0.717, 1.165) is 28.0 Å². The third-order valence-electron chi connectivity index (χ3n) is 2.74. The summed E-state index contributed by atoms with van der Waals surface area (Å²) in [6.45, 7) is 6.32. The largest absolute Gasteiger partial charge is 0.494 e. The van der Waals surface area contributed by atoms with E-state index in [1.165, 1.54) is 11.8 Å². The smallest absolute Gasteiger partial charge is 0.234 e. The van der Waals surface area contributed by atoms with Crippen LogP contribution in [0.5, 0.6) is 5.75 Å². The third-order valence-corrected chi connectivity index (χ3v) is 3.65. The number of nitrogens with one attached hydrogen (secondary N) is 1. The minimum Gasteiger partial charge on any atom is -0.494 e. The first kappa shape index (κ1) is 16.3. The number of carbonyl (C=O) groups is 1. The molecule has 5 nitrogen and oxygen atoms in total. The molecule has 0 aliphatic rings. The molecule has 2 aromatic rings. The van der Waals surface area contributed by atoms with Crippen LogP contribution in [-0.4, -0.2) is 28.2 Å². The molecule has 0 bridgehead atoms. The Balaban J connectivity index is 1.87. The number of anilines is 1. The summed E-state index contributed by atoms with van der Waals surface area (Å²) >= 11 is 1.40. The summed E-state index contributed by atoms with van der Waals surface area (Å²) in [5.74, 6) is 1.75. The minimum atomic E-state index is -0.0666. The zero-order chi connectivity index (χ0) is 15.9. The van der Waals surface area contributed by atoms with E-state index in [-0.39, 0.29) is 5.91 Å². The summed E-state index contributed by atoms with van der Waals surface area (Å²) in [6, 6.07) is 9.20. The Morgan fingerprint density at radius 3 is 2.59 bits per heavy atom. The van der Waals surface area contributed by atoms with E-state index < -0.39 is 0 Å². The van der Waals surface area contributed by atoms with Gasteiger partial charge in [-0.15, -0.1) is 0 Å². The van der Waals surface area contributed by atoms with Crippen molar-refractivity contribution in [3.63, 3.8) is 0 Å². The fourth-order valence-corrected chi connectivity index (χ4v) is 2.70. The number of ether oxygens (including phenoxy) is 1. The average Bonchev–Trinajstić information content (AvgIpc) is 2.47. The Hall–Kier alpha value is -2.08. The SMILES string of the molecule is CCOc1ccc(NC(=O)CSc2cc(C)nc(C)n2)cc1. The molecule has 0 aliphatic heterocycles. The van der Waals surface area contributed by atoms with Gasteiger partial charge >= 0.3 is 0 Å². The molecule has 0 unspecified atom stereocenters. The van der Waals surface area contributed by atoms with Gasteiger partial charge in [0.15, 0.2) is 0 Å². The Bertz CT molecular complexity index is 624. The Labute approximate surface area is 134 Å². The number of thioether (sulfide) groups is 1. The number of hydrogen-bond donors (Lipinski definition) is 1. The van der Waals surface area contributed by atoms with Crippen molar-refractivity contribution in [2.45, 2.75) is 25.8 Å². The van der Waals surface area contributed by atoms with Gasteiger partial charge in [0.05, 0.1) is 12.4 Å². The van der Waals surface area contributed by atoms with E-state index in [4.69, 9.17) is 4.74 Å². The fourth-order valence-electron chi connectivity index (χ4n) is 1.89. The molecule has 0 saturated carbocycles. The predicted octanol–water partition coefficient (Wildman–Crippen LogP) is 3.22. The zero-order valence-electron chi connectivity index (χ0n) is 12.9. The van der Waals surface area contributed by atoms with E-state index in [9.17, 15) is 4.79 Å². The molecule has 1 N–H and O–H groups in total. The van der Waals surface area contributed by atoms with E-state index >= 15 is 0 Å². The molecule has 22 heavy (non-hydrogen) atoms. The van der Waals surface area contributed by atoms with Crippen molar-refractivity contribution in [1.82, 2.24) is 9.97 Å². The fraction of sp³-hybridized carbons (Fsp3) is 0.312. The normalized spacial score (nSPS) is 10.3. The third kappa shape index (κ3) is 5.04. The number of rotatable bonds is 6. The zero-order valence-corrected chi connectivity index (χ0v) is 13.7. The van der Waals surface area contributed by atoms with Crippen molar-refractivity contribution >= 4 is 23.4 Å². The van der Waals surface area contributed by atoms with Crippen molar-refractivity contribution in [3.8, 4) is 5.75 Å². The highest BCUT2D eigenvalue weighted by molar-refractivity contribution is 7.99. The van der Waals surface area contributed by atoms with E-state index in [1.54, 1.807) is 0 Å². The molecule has 1 aromatic carbocycles. The molecule has 1 heterocycles. The van der Waals surface area contributed by atoms with Gasteiger partial charge in [0.25, 0.3) is 0 Å². The summed E-state index contributed by atoms with van der Waals surface area (Å²) in [5.41, 5.74) is 1.66. The van der Waals surface area contributed by atoms with Crippen molar-refractivity contribution in [3.05, 3.63) is 41.9 Å². The molecule has 1 aromatic heterocycles. The van der Waals surface area contributed by atoms with Crippen LogP contribution in [0.1, 0.15) is 18.4 Å². The molecule has 6 heteroatoms. The van der Waals surface area contributed by atoms with Gasteiger partial charge in [0.1, 0.15) is 16.6 Å². The number of hydrogen-bond acceptors (Lipinski definition) is 5. The van der Waals surface area contributed by atoms with Gasteiger partial charge in [-0.25, -0.2) is 9.97 Å². The Morgan fingerprint density at radius 1 is 1.23 bits per heavy atom. The second-order valence-electron chi connectivity index (χ2n) is 4.69. The monoisotopic (exact) mass is 317 g/mol. The molecule has 0 radical (unpaired) electrons. The summed E-state index contributed by atoms with van der Waals surface area (Å²) in [5, 5.41) is 3.66. The average molecular weight is 317 g/mol. The van der Waals surface area contributed by atoms with Crippen molar-refractivity contribution in [2.24, 2.45) is 0 Å². The second kappa shape index (κ2) is 7.79. The van der Waals surface area contributed by atoms with Crippen molar-refractivity contribution in [1.29, 1.82) is 0 Å². The summed E-state index contributed by atoms with van der Waals surface area (Å²) in [6.07, 6.45) is 0. The number of amides is 1. The van der Waals surface area contributed by atoms with E-state index in [0.29, 0.717) is 12.4 Å². The quantitative estimate of drug-likeness (QED) is 0.654. The van der Waals surface area contributed by atoms with Gasteiger partial charge in [-0.05, 0) is 51.1 Å². The number of benzene rings is 1. The molecule has 0 saturated heterocycles. The van der Waals surface area contributed by atoms with E-state index in [1.807, 2.05) is 51.1 Å². The first-order valence-corrected chi connectivity index (χ1v) is 8.03. The van der Waals surface area contributed by atoms with Crippen LogP contribution in [0.15, 0.2) is 35.4 Å². The highest BCUT2D eigenvalue weighted by atomic mass is 32.2. The lowest BCUT2D eigenvalue weighted by molar-refractivity contribution is -0.113. The topological polar surface area (TPSA) is 64.1 Å². The lowest BCUT2D eigenvalue weighted by atomic mass is 10.3. The first-order valence-electron chi connectivity index (χ1n) is 7.04. The van der Waals surface area contributed by atoms with Gasteiger partial charge < -0.3 is 10.1 Å². The number of nitrogens with zero attached hydrogens (tertiary/aromatic N) is 2. The van der Waals surface area contributed by atoms with Crippen LogP contribution in [-0.2, 0) is 4.79 Å². The lowest BCUT2D eigenvalue weighted by Gasteiger charge is -2.07. The van der Waals surface area contributed by atoms with Crippen LogP contribution in [0.3, 0.4) is 0 Å². The molecule has 2 rings (SSSR count).